The third-order valence-electron chi connectivity index (χ3n) is 4.45. The molecule has 3 aromatic rings. The van der Waals surface area contributed by atoms with Gasteiger partial charge in [0.1, 0.15) is 11.6 Å². The zero-order chi connectivity index (χ0) is 19.4. The number of amides is 1. The highest BCUT2D eigenvalue weighted by atomic mass is 19.1. The van der Waals surface area contributed by atoms with E-state index in [1.807, 2.05) is 38.1 Å². The fourth-order valence-electron chi connectivity index (χ4n) is 2.98. The molecule has 0 spiro atoms. The number of hydrogen-bond acceptors (Lipinski definition) is 2. The highest BCUT2D eigenvalue weighted by molar-refractivity contribution is 5.95. The van der Waals surface area contributed by atoms with Gasteiger partial charge in [0.2, 0.25) is 0 Å². The number of aryl methyl sites for hydroxylation is 1. The van der Waals surface area contributed by atoms with Crippen LogP contribution in [-0.4, -0.2) is 22.2 Å². The van der Waals surface area contributed by atoms with Gasteiger partial charge in [-0.15, -0.1) is 0 Å². The molecule has 0 aliphatic heterocycles. The minimum absolute atomic E-state index is 0.0242. The van der Waals surface area contributed by atoms with Crippen LogP contribution in [0.2, 0.25) is 0 Å². The number of benzene rings is 2. The molecular weight excluding hydrogens is 348 g/mol. The summed E-state index contributed by atoms with van der Waals surface area (Å²) in [4.78, 5) is 12.5. The lowest BCUT2D eigenvalue weighted by molar-refractivity contribution is 0.0953. The standard InChI is InChI=1S/C21H21F2N3O/c1-3-20-17(13-25-26(20)15-9-7-14(2)8-10-15)21(27)24-12-11-16-18(22)5-4-6-19(16)23/h4-10,13H,3,11-12H2,1-2H3,(H,24,27). The van der Waals surface area contributed by atoms with Gasteiger partial charge in [0.25, 0.3) is 5.91 Å². The van der Waals surface area contributed by atoms with E-state index in [4.69, 9.17) is 0 Å². The number of hydrogen-bond donors (Lipinski definition) is 1. The first-order valence-electron chi connectivity index (χ1n) is 8.86. The largest absolute Gasteiger partial charge is 0.352 e. The van der Waals surface area contributed by atoms with Gasteiger partial charge in [-0.3, -0.25) is 4.79 Å². The first kappa shape index (κ1) is 18.8. The summed E-state index contributed by atoms with van der Waals surface area (Å²) in [5, 5.41) is 7.06. The zero-order valence-electron chi connectivity index (χ0n) is 15.3. The summed E-state index contributed by atoms with van der Waals surface area (Å²) in [6, 6.07) is 11.6. The predicted molar refractivity (Wildman–Crippen MR) is 100 cm³/mol. The van der Waals surface area contributed by atoms with Crippen LogP contribution in [-0.2, 0) is 12.8 Å². The molecule has 1 heterocycles. The second-order valence-electron chi connectivity index (χ2n) is 6.31. The van der Waals surface area contributed by atoms with Crippen molar-refractivity contribution in [2.45, 2.75) is 26.7 Å². The smallest absolute Gasteiger partial charge is 0.254 e. The van der Waals surface area contributed by atoms with Gasteiger partial charge in [-0.25, -0.2) is 13.5 Å². The highest BCUT2D eigenvalue weighted by Crippen LogP contribution is 2.17. The van der Waals surface area contributed by atoms with Crippen molar-refractivity contribution < 1.29 is 13.6 Å². The summed E-state index contributed by atoms with van der Waals surface area (Å²) in [6.07, 6.45) is 2.23. The van der Waals surface area contributed by atoms with E-state index in [-0.39, 0.29) is 24.4 Å². The van der Waals surface area contributed by atoms with Crippen LogP contribution in [0, 0.1) is 18.6 Å². The number of aromatic nitrogens is 2. The molecule has 1 aromatic heterocycles. The molecule has 0 saturated heterocycles. The van der Waals surface area contributed by atoms with E-state index >= 15 is 0 Å². The van der Waals surface area contributed by atoms with Gasteiger partial charge in [-0.05, 0) is 44.0 Å². The molecule has 4 nitrogen and oxygen atoms in total. The minimum Gasteiger partial charge on any atom is -0.352 e. The molecule has 0 atom stereocenters. The SMILES string of the molecule is CCc1c(C(=O)NCCc2c(F)cccc2F)cnn1-c1ccc(C)cc1. The van der Waals surface area contributed by atoms with Crippen LogP contribution in [0.3, 0.4) is 0 Å². The normalized spacial score (nSPS) is 10.8. The molecule has 0 unspecified atom stereocenters. The third kappa shape index (κ3) is 4.05. The van der Waals surface area contributed by atoms with Crippen LogP contribution in [0.1, 0.15) is 34.1 Å². The predicted octanol–water partition coefficient (Wildman–Crippen LogP) is 3.99. The number of nitrogens with zero attached hydrogens (tertiary/aromatic N) is 2. The number of rotatable bonds is 6. The lowest BCUT2D eigenvalue weighted by Crippen LogP contribution is -2.27. The number of nitrogens with one attached hydrogen (secondary N) is 1. The van der Waals surface area contributed by atoms with Gasteiger partial charge < -0.3 is 5.32 Å². The quantitative estimate of drug-likeness (QED) is 0.714. The van der Waals surface area contributed by atoms with Crippen molar-refractivity contribution in [3.63, 3.8) is 0 Å². The van der Waals surface area contributed by atoms with Gasteiger partial charge in [0.05, 0.1) is 23.1 Å². The Bertz CT molecular complexity index is 928. The lowest BCUT2D eigenvalue weighted by Gasteiger charge is -2.09. The fraction of sp³-hybridized carbons (Fsp3) is 0.238. The van der Waals surface area contributed by atoms with Gasteiger partial charge in [0.15, 0.2) is 0 Å². The van der Waals surface area contributed by atoms with Crippen molar-refractivity contribution in [1.29, 1.82) is 0 Å². The maximum Gasteiger partial charge on any atom is 0.254 e. The van der Waals surface area contributed by atoms with E-state index in [9.17, 15) is 13.6 Å². The molecule has 0 fully saturated rings. The average molecular weight is 369 g/mol. The molecule has 3 rings (SSSR count). The van der Waals surface area contributed by atoms with Crippen molar-refractivity contribution in [1.82, 2.24) is 15.1 Å². The Labute approximate surface area is 156 Å². The Balaban J connectivity index is 1.72. The summed E-state index contributed by atoms with van der Waals surface area (Å²) >= 11 is 0. The van der Waals surface area contributed by atoms with E-state index in [0.717, 1.165) is 16.9 Å². The molecule has 2 aromatic carbocycles. The van der Waals surface area contributed by atoms with Crippen LogP contribution in [0.15, 0.2) is 48.7 Å². The van der Waals surface area contributed by atoms with E-state index in [1.165, 1.54) is 24.4 Å². The fourth-order valence-corrected chi connectivity index (χ4v) is 2.98. The second kappa shape index (κ2) is 8.12. The molecule has 0 aliphatic carbocycles. The summed E-state index contributed by atoms with van der Waals surface area (Å²) in [6.45, 7) is 4.09. The molecule has 0 aliphatic rings. The number of carbonyl (C=O) groups excluding carboxylic acids is 1. The molecular formula is C21H21F2N3O. The monoisotopic (exact) mass is 369 g/mol. The molecule has 6 heteroatoms. The summed E-state index contributed by atoms with van der Waals surface area (Å²) < 4.78 is 29.1. The van der Waals surface area contributed by atoms with E-state index < -0.39 is 11.6 Å². The van der Waals surface area contributed by atoms with Gasteiger partial charge in [-0.2, -0.15) is 5.10 Å². The van der Waals surface area contributed by atoms with Crippen molar-refractivity contribution in [2.24, 2.45) is 0 Å². The Morgan fingerprint density at radius 2 is 1.78 bits per heavy atom. The van der Waals surface area contributed by atoms with Crippen molar-refractivity contribution in [3.8, 4) is 5.69 Å². The van der Waals surface area contributed by atoms with Crippen LogP contribution in [0.25, 0.3) is 5.69 Å². The van der Waals surface area contributed by atoms with Crippen LogP contribution < -0.4 is 5.32 Å². The van der Waals surface area contributed by atoms with Crippen molar-refractivity contribution >= 4 is 5.91 Å². The Morgan fingerprint density at radius 1 is 1.11 bits per heavy atom. The van der Waals surface area contributed by atoms with Crippen LogP contribution in [0.4, 0.5) is 8.78 Å². The van der Waals surface area contributed by atoms with Gasteiger partial charge in [0, 0.05) is 12.1 Å². The summed E-state index contributed by atoms with van der Waals surface area (Å²) in [5.74, 6) is -1.52. The van der Waals surface area contributed by atoms with Gasteiger partial charge >= 0.3 is 0 Å². The Hall–Kier alpha value is -3.02. The maximum atomic E-state index is 13.7. The molecule has 1 N–H and O–H groups in total. The molecule has 0 saturated carbocycles. The lowest BCUT2D eigenvalue weighted by atomic mass is 10.1. The van der Waals surface area contributed by atoms with Crippen molar-refractivity contribution in [3.05, 3.63) is 82.7 Å². The molecule has 0 bridgehead atoms. The number of carbonyl (C=O) groups is 1. The van der Waals surface area contributed by atoms with Crippen molar-refractivity contribution in [2.75, 3.05) is 6.54 Å². The van der Waals surface area contributed by atoms with Crippen LogP contribution in [0.5, 0.6) is 0 Å². The molecule has 1 amide bonds. The first-order chi connectivity index (χ1) is 13.0. The number of halogens is 2. The average Bonchev–Trinajstić information content (AvgIpc) is 3.08. The van der Waals surface area contributed by atoms with E-state index in [0.29, 0.717) is 12.0 Å². The summed E-state index contributed by atoms with van der Waals surface area (Å²) in [7, 11) is 0. The van der Waals surface area contributed by atoms with Crippen LogP contribution >= 0.6 is 0 Å². The topological polar surface area (TPSA) is 46.9 Å². The minimum atomic E-state index is -0.606. The zero-order valence-corrected chi connectivity index (χ0v) is 15.3. The maximum absolute atomic E-state index is 13.7. The molecule has 0 radical (unpaired) electrons. The molecule has 27 heavy (non-hydrogen) atoms. The Kier molecular flexibility index (Phi) is 5.64. The highest BCUT2D eigenvalue weighted by Gasteiger charge is 2.17. The van der Waals surface area contributed by atoms with Gasteiger partial charge in [-0.1, -0.05) is 30.7 Å². The second-order valence-corrected chi connectivity index (χ2v) is 6.31. The first-order valence-corrected chi connectivity index (χ1v) is 8.86. The Morgan fingerprint density at radius 3 is 2.41 bits per heavy atom. The third-order valence-corrected chi connectivity index (χ3v) is 4.45. The van der Waals surface area contributed by atoms with E-state index in [1.54, 1.807) is 4.68 Å². The molecule has 140 valence electrons. The summed E-state index contributed by atoms with van der Waals surface area (Å²) in [5.41, 5.74) is 3.25. The van der Waals surface area contributed by atoms with E-state index in [2.05, 4.69) is 10.4 Å².